The van der Waals surface area contributed by atoms with Gasteiger partial charge in [-0.1, -0.05) is 60.1 Å². The highest BCUT2D eigenvalue weighted by atomic mass is 35.5. The van der Waals surface area contributed by atoms with Gasteiger partial charge < -0.3 is 14.8 Å². The van der Waals surface area contributed by atoms with Gasteiger partial charge in [0.25, 0.3) is 0 Å². The maximum Gasteiger partial charge on any atom is 0.242 e. The molecule has 0 aliphatic carbocycles. The summed E-state index contributed by atoms with van der Waals surface area (Å²) in [7, 11) is 3.05. The second-order valence-electron chi connectivity index (χ2n) is 5.90. The lowest BCUT2D eigenvalue weighted by atomic mass is 10.1. The maximum absolute atomic E-state index is 13.2. The molecule has 0 saturated heterocycles. The molecule has 3 aromatic rings. The van der Waals surface area contributed by atoms with Crippen LogP contribution in [0.4, 0.5) is 5.69 Å². The van der Waals surface area contributed by atoms with Crippen molar-refractivity contribution >= 4 is 35.0 Å². The molecular weight excluding hydrogens is 394 g/mol. The van der Waals surface area contributed by atoms with E-state index in [9.17, 15) is 4.79 Å². The summed E-state index contributed by atoms with van der Waals surface area (Å²) in [5.41, 5.74) is 1.41. The molecule has 4 nitrogen and oxygen atoms in total. The number of amides is 1. The second-order valence-corrected chi connectivity index (χ2v) is 7.48. The van der Waals surface area contributed by atoms with Crippen molar-refractivity contribution in [2.24, 2.45) is 0 Å². The van der Waals surface area contributed by atoms with Gasteiger partial charge in [-0.2, -0.15) is 0 Å². The Morgan fingerprint density at radius 2 is 1.54 bits per heavy atom. The Bertz CT molecular complexity index is 935. The lowest BCUT2D eigenvalue weighted by Crippen LogP contribution is -2.19. The van der Waals surface area contributed by atoms with Crippen LogP contribution in [0.2, 0.25) is 5.02 Å². The van der Waals surface area contributed by atoms with Gasteiger partial charge in [0.1, 0.15) is 16.7 Å². The highest BCUT2D eigenvalue weighted by Gasteiger charge is 2.23. The summed E-state index contributed by atoms with van der Waals surface area (Å²) >= 11 is 7.65. The molecule has 0 aliphatic heterocycles. The highest BCUT2D eigenvalue weighted by Crippen LogP contribution is 2.39. The molecule has 144 valence electrons. The van der Waals surface area contributed by atoms with Crippen molar-refractivity contribution in [1.29, 1.82) is 0 Å². The molecule has 28 heavy (non-hydrogen) atoms. The quantitative estimate of drug-likeness (QED) is 0.495. The Hall–Kier alpha value is -2.63. The van der Waals surface area contributed by atoms with Crippen LogP contribution in [0.1, 0.15) is 10.8 Å². The van der Waals surface area contributed by atoms with Gasteiger partial charge in [0.15, 0.2) is 0 Å². The highest BCUT2D eigenvalue weighted by molar-refractivity contribution is 8.00. The average molecular weight is 414 g/mol. The van der Waals surface area contributed by atoms with Gasteiger partial charge >= 0.3 is 0 Å². The first-order chi connectivity index (χ1) is 13.6. The van der Waals surface area contributed by atoms with Gasteiger partial charge in [0, 0.05) is 17.0 Å². The molecule has 1 amide bonds. The third-order valence-electron chi connectivity index (χ3n) is 4.07. The number of nitrogens with one attached hydrogen (secondary N) is 1. The zero-order chi connectivity index (χ0) is 19.9. The van der Waals surface area contributed by atoms with Crippen molar-refractivity contribution in [3.63, 3.8) is 0 Å². The Morgan fingerprint density at radius 1 is 0.929 bits per heavy atom. The summed E-state index contributed by atoms with van der Waals surface area (Å²) in [4.78, 5) is 14.2. The van der Waals surface area contributed by atoms with Crippen molar-refractivity contribution in [2.45, 2.75) is 10.1 Å². The summed E-state index contributed by atoms with van der Waals surface area (Å²) in [5, 5.41) is 2.94. The molecule has 3 aromatic carbocycles. The number of ether oxygens (including phenoxy) is 2. The maximum atomic E-state index is 13.2. The lowest BCUT2D eigenvalue weighted by molar-refractivity contribution is -0.115. The minimum Gasteiger partial charge on any atom is -0.495 e. The second kappa shape index (κ2) is 9.53. The smallest absolute Gasteiger partial charge is 0.242 e. The first-order valence-corrected chi connectivity index (χ1v) is 9.87. The van der Waals surface area contributed by atoms with E-state index in [2.05, 4.69) is 5.32 Å². The molecule has 0 fully saturated rings. The molecule has 3 rings (SSSR count). The first kappa shape index (κ1) is 20.1. The Kier molecular flexibility index (Phi) is 6.85. The Morgan fingerprint density at radius 3 is 2.14 bits per heavy atom. The van der Waals surface area contributed by atoms with E-state index in [1.807, 2.05) is 60.7 Å². The van der Waals surface area contributed by atoms with E-state index in [4.69, 9.17) is 21.1 Å². The van der Waals surface area contributed by atoms with E-state index >= 15 is 0 Å². The molecule has 0 spiro atoms. The zero-order valence-electron chi connectivity index (χ0n) is 15.5. The van der Waals surface area contributed by atoms with Gasteiger partial charge in [-0.15, -0.1) is 11.8 Å². The van der Waals surface area contributed by atoms with Crippen LogP contribution < -0.4 is 14.8 Å². The summed E-state index contributed by atoms with van der Waals surface area (Å²) < 4.78 is 10.6. The molecule has 1 N–H and O–H groups in total. The van der Waals surface area contributed by atoms with E-state index < -0.39 is 5.25 Å². The molecule has 0 radical (unpaired) electrons. The number of halogens is 1. The van der Waals surface area contributed by atoms with Crippen LogP contribution in [0.15, 0.2) is 77.7 Å². The molecule has 1 atom stereocenters. The van der Waals surface area contributed by atoms with Crippen LogP contribution in [0.25, 0.3) is 0 Å². The van der Waals surface area contributed by atoms with Crippen molar-refractivity contribution in [3.05, 3.63) is 83.4 Å². The third kappa shape index (κ3) is 4.80. The van der Waals surface area contributed by atoms with E-state index in [0.29, 0.717) is 22.2 Å². The Labute approximate surface area is 173 Å². The molecule has 0 saturated carbocycles. The summed E-state index contributed by atoms with van der Waals surface area (Å²) in [6, 6.07) is 22.8. The van der Waals surface area contributed by atoms with Crippen molar-refractivity contribution < 1.29 is 14.3 Å². The predicted molar refractivity (Wildman–Crippen MR) is 115 cm³/mol. The number of methoxy groups -OCH3 is 2. The first-order valence-electron chi connectivity index (χ1n) is 8.61. The fourth-order valence-corrected chi connectivity index (χ4v) is 3.97. The van der Waals surface area contributed by atoms with E-state index in [-0.39, 0.29) is 5.91 Å². The summed E-state index contributed by atoms with van der Waals surface area (Å²) in [6.07, 6.45) is 0. The topological polar surface area (TPSA) is 47.6 Å². The van der Waals surface area contributed by atoms with Gasteiger partial charge in [0.05, 0.1) is 24.9 Å². The van der Waals surface area contributed by atoms with Crippen LogP contribution in [-0.4, -0.2) is 20.1 Å². The lowest BCUT2D eigenvalue weighted by Gasteiger charge is -2.19. The average Bonchev–Trinajstić information content (AvgIpc) is 2.74. The fraction of sp³-hybridized carbons (Fsp3) is 0.136. The molecule has 0 heterocycles. The van der Waals surface area contributed by atoms with Crippen LogP contribution in [-0.2, 0) is 4.79 Å². The molecule has 6 heteroatoms. The van der Waals surface area contributed by atoms with E-state index in [1.165, 1.54) is 26.0 Å². The predicted octanol–water partition coefficient (Wildman–Crippen LogP) is 5.83. The summed E-state index contributed by atoms with van der Waals surface area (Å²) in [5.74, 6) is 0.767. The minimum atomic E-state index is -0.435. The van der Waals surface area contributed by atoms with Gasteiger partial charge in [0.2, 0.25) is 5.91 Å². The molecule has 0 aliphatic rings. The zero-order valence-corrected chi connectivity index (χ0v) is 17.1. The molecular formula is C22H20ClNO3S. The normalized spacial score (nSPS) is 11.5. The van der Waals surface area contributed by atoms with Crippen LogP contribution >= 0.6 is 23.4 Å². The molecule has 0 aromatic heterocycles. The number of hydrogen-bond donors (Lipinski definition) is 1. The molecule has 0 unspecified atom stereocenters. The number of anilines is 1. The van der Waals surface area contributed by atoms with Gasteiger partial charge in [-0.25, -0.2) is 0 Å². The van der Waals surface area contributed by atoms with Gasteiger partial charge in [-0.05, 0) is 17.7 Å². The number of rotatable bonds is 7. The van der Waals surface area contributed by atoms with Crippen LogP contribution in [0, 0.1) is 0 Å². The third-order valence-corrected chi connectivity index (χ3v) is 5.63. The van der Waals surface area contributed by atoms with E-state index in [0.717, 1.165) is 10.5 Å². The van der Waals surface area contributed by atoms with Crippen molar-refractivity contribution in [1.82, 2.24) is 0 Å². The standard InChI is InChI=1S/C22H20ClNO3S/c1-26-19-14-18(20(27-2)13-17(19)23)24-22(25)21(15-9-5-3-6-10-15)28-16-11-7-4-8-12-16/h3-14,21H,1-2H3,(H,24,25)/t21-/m1/s1. The van der Waals surface area contributed by atoms with Gasteiger partial charge in [-0.3, -0.25) is 4.79 Å². The summed E-state index contributed by atoms with van der Waals surface area (Å²) in [6.45, 7) is 0. The molecule has 0 bridgehead atoms. The fourth-order valence-electron chi connectivity index (χ4n) is 2.69. The SMILES string of the molecule is COc1cc(NC(=O)[C@H](Sc2ccccc2)c2ccccc2)c(OC)cc1Cl. The minimum absolute atomic E-state index is 0.164. The van der Waals surface area contributed by atoms with Crippen molar-refractivity contribution in [3.8, 4) is 11.5 Å². The largest absolute Gasteiger partial charge is 0.495 e. The monoisotopic (exact) mass is 413 g/mol. The number of carbonyl (C=O) groups excluding carboxylic acids is 1. The number of thioether (sulfide) groups is 1. The van der Waals surface area contributed by atoms with Crippen LogP contribution in [0.5, 0.6) is 11.5 Å². The van der Waals surface area contributed by atoms with Crippen LogP contribution in [0.3, 0.4) is 0 Å². The Balaban J connectivity index is 1.92. The number of hydrogen-bond acceptors (Lipinski definition) is 4. The van der Waals surface area contributed by atoms with Crippen molar-refractivity contribution in [2.75, 3.05) is 19.5 Å². The van der Waals surface area contributed by atoms with E-state index in [1.54, 1.807) is 12.1 Å². The number of benzene rings is 3. The number of carbonyl (C=O) groups is 1.